The van der Waals surface area contributed by atoms with Crippen molar-refractivity contribution in [3.63, 3.8) is 0 Å². The van der Waals surface area contributed by atoms with Crippen molar-refractivity contribution in [3.05, 3.63) is 35.4 Å². The van der Waals surface area contributed by atoms with Crippen LogP contribution in [0.3, 0.4) is 0 Å². The number of imide groups is 1. The number of likely N-dealkylation sites (tertiary alicyclic amines) is 1. The lowest BCUT2D eigenvalue weighted by atomic mass is 9.81. The van der Waals surface area contributed by atoms with Crippen LogP contribution in [0.4, 0.5) is 4.79 Å². The van der Waals surface area contributed by atoms with E-state index in [4.69, 9.17) is 9.57 Å². The molecule has 0 aromatic heterocycles. The first-order valence-electron chi connectivity index (χ1n) is 9.80. The van der Waals surface area contributed by atoms with E-state index >= 15 is 0 Å². The van der Waals surface area contributed by atoms with Crippen LogP contribution in [-0.4, -0.2) is 52.5 Å². The van der Waals surface area contributed by atoms with E-state index in [0.29, 0.717) is 18.0 Å². The highest BCUT2D eigenvalue weighted by Crippen LogP contribution is 2.50. The topological polar surface area (TPSA) is 93.2 Å². The Morgan fingerprint density at radius 2 is 1.72 bits per heavy atom. The minimum atomic E-state index is -0.924. The summed E-state index contributed by atoms with van der Waals surface area (Å²) in [7, 11) is 0. The van der Waals surface area contributed by atoms with Gasteiger partial charge in [0.2, 0.25) is 0 Å². The van der Waals surface area contributed by atoms with Gasteiger partial charge in [0.25, 0.3) is 11.8 Å². The van der Waals surface area contributed by atoms with E-state index in [-0.39, 0.29) is 23.6 Å². The van der Waals surface area contributed by atoms with Gasteiger partial charge in [-0.25, -0.2) is 9.59 Å². The second-order valence-corrected chi connectivity index (χ2v) is 8.94. The van der Waals surface area contributed by atoms with Gasteiger partial charge in [0.1, 0.15) is 5.60 Å². The summed E-state index contributed by atoms with van der Waals surface area (Å²) in [4.78, 5) is 57.6. The fraction of sp³-hybridized carbons (Fsp3) is 0.524. The zero-order valence-corrected chi connectivity index (χ0v) is 16.8. The summed E-state index contributed by atoms with van der Waals surface area (Å²) in [6, 6.07) is 6.35. The second-order valence-electron chi connectivity index (χ2n) is 8.94. The van der Waals surface area contributed by atoms with Crippen molar-refractivity contribution in [2.45, 2.75) is 45.6 Å². The summed E-state index contributed by atoms with van der Waals surface area (Å²) in [5.74, 6) is -2.02. The molecule has 1 aromatic rings. The Kier molecular flexibility index (Phi) is 4.40. The minimum Gasteiger partial charge on any atom is -0.444 e. The van der Waals surface area contributed by atoms with Crippen molar-refractivity contribution in [1.29, 1.82) is 0 Å². The third kappa shape index (κ3) is 3.16. The highest BCUT2D eigenvalue weighted by atomic mass is 16.7. The molecule has 0 unspecified atom stereocenters. The Balaban J connectivity index is 1.52. The molecule has 3 aliphatic rings. The number of carbonyl (C=O) groups is 4. The first-order valence-corrected chi connectivity index (χ1v) is 9.80. The van der Waals surface area contributed by atoms with Gasteiger partial charge >= 0.3 is 12.1 Å². The molecule has 3 amide bonds. The molecule has 4 rings (SSSR count). The number of fused-ring (bicyclic) bond motifs is 2. The number of benzene rings is 1. The van der Waals surface area contributed by atoms with E-state index in [1.807, 2.05) is 0 Å². The van der Waals surface area contributed by atoms with Crippen molar-refractivity contribution >= 4 is 23.9 Å². The Hall–Kier alpha value is -2.90. The molecule has 29 heavy (non-hydrogen) atoms. The van der Waals surface area contributed by atoms with Gasteiger partial charge in [0, 0.05) is 13.1 Å². The van der Waals surface area contributed by atoms with E-state index in [9.17, 15) is 19.2 Å². The largest absolute Gasteiger partial charge is 0.444 e. The molecular formula is C21H24N2O6. The fourth-order valence-corrected chi connectivity index (χ4v) is 4.51. The maximum absolute atomic E-state index is 13.2. The fourth-order valence-electron chi connectivity index (χ4n) is 4.51. The number of hydroxylamine groups is 2. The molecule has 1 saturated heterocycles. The van der Waals surface area contributed by atoms with Crippen LogP contribution in [-0.2, 0) is 14.4 Å². The van der Waals surface area contributed by atoms with Gasteiger partial charge in [0.05, 0.1) is 16.5 Å². The summed E-state index contributed by atoms with van der Waals surface area (Å²) in [5, 5.41) is 0.549. The van der Waals surface area contributed by atoms with Crippen LogP contribution >= 0.6 is 0 Å². The van der Waals surface area contributed by atoms with Crippen LogP contribution < -0.4 is 0 Å². The molecule has 8 nitrogen and oxygen atoms in total. The molecule has 2 heterocycles. The lowest BCUT2D eigenvalue weighted by Gasteiger charge is -2.28. The van der Waals surface area contributed by atoms with Gasteiger partial charge < -0.3 is 14.5 Å². The summed E-state index contributed by atoms with van der Waals surface area (Å²) < 4.78 is 5.44. The standard InChI is InChI=1S/C21H24N2O6/c1-20(2,3)28-19(27)22-11-13-7-6-10-21(13,12-22)18(26)29-23-16(24)14-8-4-5-9-15(14)17(23)25/h4-5,8-9,13H,6-7,10-12H2,1-3H3/t13-,21-/m1/s1. The van der Waals surface area contributed by atoms with E-state index in [1.54, 1.807) is 32.9 Å². The van der Waals surface area contributed by atoms with Crippen molar-refractivity contribution in [1.82, 2.24) is 9.96 Å². The first-order chi connectivity index (χ1) is 13.6. The van der Waals surface area contributed by atoms with Crippen LogP contribution in [0.15, 0.2) is 24.3 Å². The zero-order valence-electron chi connectivity index (χ0n) is 16.8. The minimum absolute atomic E-state index is 0.0855. The number of carbonyl (C=O) groups excluding carboxylic acids is 4. The van der Waals surface area contributed by atoms with Crippen molar-refractivity contribution in [2.24, 2.45) is 11.3 Å². The smallest absolute Gasteiger partial charge is 0.410 e. The predicted molar refractivity (Wildman–Crippen MR) is 101 cm³/mol. The average molecular weight is 400 g/mol. The first kappa shape index (κ1) is 19.4. The number of rotatable bonds is 2. The highest BCUT2D eigenvalue weighted by molar-refractivity contribution is 6.20. The van der Waals surface area contributed by atoms with E-state index in [1.165, 1.54) is 17.0 Å². The third-order valence-corrected chi connectivity index (χ3v) is 5.86. The van der Waals surface area contributed by atoms with E-state index in [0.717, 1.165) is 12.8 Å². The molecule has 0 radical (unpaired) electrons. The molecule has 0 N–H and O–H groups in total. The molecule has 0 spiro atoms. The summed E-state index contributed by atoms with van der Waals surface area (Å²) >= 11 is 0. The summed E-state index contributed by atoms with van der Waals surface area (Å²) in [6.07, 6.45) is 1.67. The zero-order chi connectivity index (χ0) is 21.0. The van der Waals surface area contributed by atoms with Gasteiger partial charge in [-0.3, -0.25) is 9.59 Å². The molecule has 1 saturated carbocycles. The Morgan fingerprint density at radius 3 is 2.31 bits per heavy atom. The van der Waals surface area contributed by atoms with Crippen LogP contribution in [0.5, 0.6) is 0 Å². The third-order valence-electron chi connectivity index (χ3n) is 5.86. The van der Waals surface area contributed by atoms with E-state index < -0.39 is 34.9 Å². The van der Waals surface area contributed by atoms with Gasteiger partial charge in [-0.05, 0) is 51.7 Å². The van der Waals surface area contributed by atoms with Crippen LogP contribution in [0.2, 0.25) is 0 Å². The summed E-state index contributed by atoms with van der Waals surface area (Å²) in [6.45, 7) is 5.91. The molecule has 154 valence electrons. The van der Waals surface area contributed by atoms with Gasteiger partial charge in [-0.2, -0.15) is 0 Å². The number of nitrogens with zero attached hydrogens (tertiary/aromatic N) is 2. The maximum atomic E-state index is 13.2. The summed E-state index contributed by atoms with van der Waals surface area (Å²) in [5.41, 5.74) is -1.13. The molecule has 0 bridgehead atoms. The molecule has 8 heteroatoms. The van der Waals surface area contributed by atoms with Crippen LogP contribution in [0.25, 0.3) is 0 Å². The quantitative estimate of drug-likeness (QED) is 0.709. The normalized spacial score (nSPS) is 25.8. The lowest BCUT2D eigenvalue weighted by molar-refractivity contribution is -0.182. The molecule has 1 aliphatic carbocycles. The molecule has 2 atom stereocenters. The Morgan fingerprint density at radius 1 is 1.10 bits per heavy atom. The second kappa shape index (κ2) is 6.57. The van der Waals surface area contributed by atoms with Crippen molar-refractivity contribution < 1.29 is 28.8 Å². The number of hydrogen-bond acceptors (Lipinski definition) is 6. The SMILES string of the molecule is CC(C)(C)OC(=O)N1C[C@H]2CCC[C@@]2(C(=O)ON2C(=O)c3ccccc3C2=O)C1. The average Bonchev–Trinajstić information content (AvgIpc) is 3.27. The number of amides is 3. The van der Waals surface area contributed by atoms with Gasteiger partial charge in [-0.1, -0.05) is 23.6 Å². The van der Waals surface area contributed by atoms with Crippen LogP contribution in [0, 0.1) is 11.3 Å². The van der Waals surface area contributed by atoms with Crippen LogP contribution in [0.1, 0.15) is 60.7 Å². The molecular weight excluding hydrogens is 376 g/mol. The number of ether oxygens (including phenoxy) is 1. The van der Waals surface area contributed by atoms with E-state index in [2.05, 4.69) is 0 Å². The predicted octanol–water partition coefficient (Wildman–Crippen LogP) is 2.78. The van der Waals surface area contributed by atoms with Gasteiger partial charge in [-0.15, -0.1) is 0 Å². The molecule has 1 aromatic carbocycles. The van der Waals surface area contributed by atoms with Crippen molar-refractivity contribution in [2.75, 3.05) is 13.1 Å². The monoisotopic (exact) mass is 400 g/mol. The lowest BCUT2D eigenvalue weighted by Crippen LogP contribution is -2.44. The molecule has 2 fully saturated rings. The molecule has 2 aliphatic heterocycles. The maximum Gasteiger partial charge on any atom is 0.410 e. The van der Waals surface area contributed by atoms with Crippen molar-refractivity contribution in [3.8, 4) is 0 Å². The Labute approximate surface area is 168 Å². The highest BCUT2D eigenvalue weighted by Gasteiger charge is 2.58. The van der Waals surface area contributed by atoms with Gasteiger partial charge in [0.15, 0.2) is 0 Å². The Bertz CT molecular complexity index is 870. The number of hydrogen-bond donors (Lipinski definition) is 0.